The van der Waals surface area contributed by atoms with Gasteiger partial charge in [-0.05, 0) is 49.9 Å². The first-order chi connectivity index (χ1) is 12.8. The van der Waals surface area contributed by atoms with Gasteiger partial charge < -0.3 is 5.32 Å². The van der Waals surface area contributed by atoms with Crippen LogP contribution in [0.3, 0.4) is 0 Å². The number of aromatic nitrogens is 2. The third-order valence-corrected chi connectivity index (χ3v) is 6.89. The summed E-state index contributed by atoms with van der Waals surface area (Å²) in [6.45, 7) is 6.77. The first-order valence-electron chi connectivity index (χ1n) is 9.46. The Bertz CT molecular complexity index is 947. The van der Waals surface area contributed by atoms with E-state index in [1.807, 2.05) is 26.0 Å². The van der Waals surface area contributed by atoms with E-state index in [9.17, 15) is 13.2 Å². The topological polar surface area (TPSA) is 81.1 Å². The SMILES string of the molecule is CCCCNC(=O)c1cc(-c2ccc(C)c(C)c2)n(C2CCS(=O)(=O)C2)n1. The molecule has 1 fully saturated rings. The highest BCUT2D eigenvalue weighted by molar-refractivity contribution is 7.91. The Morgan fingerprint density at radius 2 is 2.04 bits per heavy atom. The van der Waals surface area contributed by atoms with Crippen molar-refractivity contribution < 1.29 is 13.2 Å². The van der Waals surface area contributed by atoms with Crippen molar-refractivity contribution in [2.24, 2.45) is 0 Å². The molecule has 1 atom stereocenters. The number of aryl methyl sites for hydroxylation is 2. The average Bonchev–Trinajstić information content (AvgIpc) is 3.21. The molecule has 27 heavy (non-hydrogen) atoms. The van der Waals surface area contributed by atoms with Crippen molar-refractivity contribution in [1.82, 2.24) is 15.1 Å². The fourth-order valence-electron chi connectivity index (χ4n) is 3.34. The first kappa shape index (κ1) is 19.6. The minimum atomic E-state index is -3.05. The third-order valence-electron chi connectivity index (χ3n) is 5.14. The van der Waals surface area contributed by atoms with Crippen LogP contribution in [0.1, 0.15) is 53.8 Å². The normalized spacial score (nSPS) is 18.6. The zero-order valence-electron chi connectivity index (χ0n) is 16.2. The highest BCUT2D eigenvalue weighted by atomic mass is 32.2. The monoisotopic (exact) mass is 389 g/mol. The molecule has 2 heterocycles. The van der Waals surface area contributed by atoms with Gasteiger partial charge in [-0.3, -0.25) is 9.48 Å². The maximum absolute atomic E-state index is 12.5. The lowest BCUT2D eigenvalue weighted by Gasteiger charge is -2.14. The summed E-state index contributed by atoms with van der Waals surface area (Å²) < 4.78 is 25.7. The van der Waals surface area contributed by atoms with Gasteiger partial charge in [0.05, 0.1) is 23.2 Å². The minimum absolute atomic E-state index is 0.0728. The number of hydrogen-bond acceptors (Lipinski definition) is 4. The zero-order valence-corrected chi connectivity index (χ0v) is 17.0. The molecule has 0 aliphatic carbocycles. The lowest BCUT2D eigenvalue weighted by molar-refractivity contribution is 0.0947. The summed E-state index contributed by atoms with van der Waals surface area (Å²) in [6.07, 6.45) is 2.44. The van der Waals surface area contributed by atoms with E-state index in [2.05, 4.69) is 23.4 Å². The summed E-state index contributed by atoms with van der Waals surface area (Å²) in [5.41, 5.74) is 4.41. The van der Waals surface area contributed by atoms with E-state index in [1.54, 1.807) is 10.7 Å². The molecule has 0 spiro atoms. The van der Waals surface area contributed by atoms with Gasteiger partial charge in [-0.25, -0.2) is 8.42 Å². The second kappa shape index (κ2) is 7.84. The number of amides is 1. The quantitative estimate of drug-likeness (QED) is 0.770. The number of benzene rings is 1. The van der Waals surface area contributed by atoms with E-state index < -0.39 is 9.84 Å². The van der Waals surface area contributed by atoms with Crippen molar-refractivity contribution in [2.45, 2.75) is 46.1 Å². The number of unbranched alkanes of at least 4 members (excludes halogenated alkanes) is 1. The number of hydrogen-bond donors (Lipinski definition) is 1. The van der Waals surface area contributed by atoms with Crippen molar-refractivity contribution in [2.75, 3.05) is 18.1 Å². The number of carbonyl (C=O) groups excluding carboxylic acids is 1. The molecular weight excluding hydrogens is 362 g/mol. The molecule has 1 aliphatic rings. The standard InChI is InChI=1S/C20H27N3O3S/c1-4-5-9-21-20(24)18-12-19(16-7-6-14(2)15(3)11-16)23(22-18)17-8-10-27(25,26)13-17/h6-7,11-12,17H,4-5,8-10,13H2,1-3H3,(H,21,24). The Hall–Kier alpha value is -2.15. The van der Waals surface area contributed by atoms with Gasteiger partial charge in [0.25, 0.3) is 5.91 Å². The number of nitrogens with one attached hydrogen (secondary N) is 1. The largest absolute Gasteiger partial charge is 0.351 e. The Balaban J connectivity index is 1.99. The van der Waals surface area contributed by atoms with Crippen molar-refractivity contribution in [3.05, 3.63) is 41.1 Å². The van der Waals surface area contributed by atoms with E-state index in [1.165, 1.54) is 5.56 Å². The molecular formula is C20H27N3O3S. The zero-order chi connectivity index (χ0) is 19.6. The van der Waals surface area contributed by atoms with Crippen LogP contribution in [0.5, 0.6) is 0 Å². The Kier molecular flexibility index (Phi) is 5.69. The number of rotatable bonds is 6. The summed E-state index contributed by atoms with van der Waals surface area (Å²) in [5, 5.41) is 7.39. The molecule has 1 aromatic carbocycles. The fourth-order valence-corrected chi connectivity index (χ4v) is 5.03. The van der Waals surface area contributed by atoms with Gasteiger partial charge in [0.15, 0.2) is 15.5 Å². The van der Waals surface area contributed by atoms with Crippen LogP contribution in [0.15, 0.2) is 24.3 Å². The summed E-state index contributed by atoms with van der Waals surface area (Å²) in [5.74, 6) is 0.0267. The van der Waals surface area contributed by atoms with Crippen LogP contribution in [0.2, 0.25) is 0 Å². The van der Waals surface area contributed by atoms with Crippen LogP contribution < -0.4 is 5.32 Å². The first-order valence-corrected chi connectivity index (χ1v) is 11.3. The molecule has 0 radical (unpaired) electrons. The van der Waals surface area contributed by atoms with Gasteiger partial charge in [-0.2, -0.15) is 5.10 Å². The summed E-state index contributed by atoms with van der Waals surface area (Å²) in [7, 11) is -3.05. The number of carbonyl (C=O) groups is 1. The fraction of sp³-hybridized carbons (Fsp3) is 0.500. The Labute approximate surface area is 160 Å². The maximum atomic E-state index is 12.5. The van der Waals surface area contributed by atoms with Crippen LogP contribution in [-0.2, 0) is 9.84 Å². The van der Waals surface area contributed by atoms with E-state index in [0.717, 1.165) is 29.7 Å². The lowest BCUT2D eigenvalue weighted by Crippen LogP contribution is -2.25. The highest BCUT2D eigenvalue weighted by Crippen LogP contribution is 2.31. The van der Waals surface area contributed by atoms with Crippen molar-refractivity contribution in [3.63, 3.8) is 0 Å². The molecule has 3 rings (SSSR count). The van der Waals surface area contributed by atoms with Crippen LogP contribution in [-0.4, -0.2) is 42.2 Å². The molecule has 1 amide bonds. The predicted molar refractivity (Wildman–Crippen MR) is 107 cm³/mol. The minimum Gasteiger partial charge on any atom is -0.351 e. The van der Waals surface area contributed by atoms with Gasteiger partial charge in [-0.1, -0.05) is 25.5 Å². The molecule has 1 unspecified atom stereocenters. The van der Waals surface area contributed by atoms with Crippen LogP contribution in [0.4, 0.5) is 0 Å². The van der Waals surface area contributed by atoms with Crippen LogP contribution >= 0.6 is 0 Å². The Morgan fingerprint density at radius 1 is 1.26 bits per heavy atom. The van der Waals surface area contributed by atoms with Gasteiger partial charge >= 0.3 is 0 Å². The molecule has 7 heteroatoms. The van der Waals surface area contributed by atoms with Crippen molar-refractivity contribution in [1.29, 1.82) is 0 Å². The molecule has 146 valence electrons. The molecule has 0 bridgehead atoms. The highest BCUT2D eigenvalue weighted by Gasteiger charge is 2.32. The van der Waals surface area contributed by atoms with E-state index in [-0.39, 0.29) is 23.5 Å². The predicted octanol–water partition coefficient (Wildman–Crippen LogP) is 3.06. The second-order valence-corrected chi connectivity index (χ2v) is 9.55. The van der Waals surface area contributed by atoms with Crippen molar-refractivity contribution in [3.8, 4) is 11.3 Å². The number of sulfone groups is 1. The summed E-state index contributed by atoms with van der Waals surface area (Å²) in [6, 6.07) is 7.64. The maximum Gasteiger partial charge on any atom is 0.271 e. The van der Waals surface area contributed by atoms with Gasteiger partial charge in [0, 0.05) is 12.1 Å². The van der Waals surface area contributed by atoms with E-state index in [0.29, 0.717) is 18.7 Å². The summed E-state index contributed by atoms with van der Waals surface area (Å²) >= 11 is 0. The molecule has 1 saturated heterocycles. The molecule has 0 saturated carbocycles. The number of nitrogens with zero attached hydrogens (tertiary/aromatic N) is 2. The van der Waals surface area contributed by atoms with E-state index in [4.69, 9.17) is 0 Å². The van der Waals surface area contributed by atoms with E-state index >= 15 is 0 Å². The smallest absolute Gasteiger partial charge is 0.271 e. The molecule has 6 nitrogen and oxygen atoms in total. The average molecular weight is 390 g/mol. The van der Waals surface area contributed by atoms with Gasteiger partial charge in [-0.15, -0.1) is 0 Å². The van der Waals surface area contributed by atoms with Crippen molar-refractivity contribution >= 4 is 15.7 Å². The lowest BCUT2D eigenvalue weighted by atomic mass is 10.0. The third kappa shape index (κ3) is 4.40. The van der Waals surface area contributed by atoms with Gasteiger partial charge in [0.2, 0.25) is 0 Å². The summed E-state index contributed by atoms with van der Waals surface area (Å²) in [4.78, 5) is 12.5. The Morgan fingerprint density at radius 3 is 2.67 bits per heavy atom. The molecule has 1 aliphatic heterocycles. The molecule has 1 aromatic heterocycles. The van der Waals surface area contributed by atoms with Gasteiger partial charge in [0.1, 0.15) is 0 Å². The van der Waals surface area contributed by atoms with Crippen LogP contribution in [0.25, 0.3) is 11.3 Å². The molecule has 2 aromatic rings. The second-order valence-electron chi connectivity index (χ2n) is 7.32. The molecule has 1 N–H and O–H groups in total. The van der Waals surface area contributed by atoms with Crippen LogP contribution in [0, 0.1) is 13.8 Å².